The molecule has 2 atom stereocenters. The maximum Gasteiger partial charge on any atom is 0.188 e. The Labute approximate surface area is 223 Å². The lowest BCUT2D eigenvalue weighted by Crippen LogP contribution is -2.33. The molecule has 0 N–H and O–H groups in total. The lowest BCUT2D eigenvalue weighted by Gasteiger charge is -2.39. The molecule has 0 aromatic heterocycles. The number of aryl methyl sites for hydroxylation is 1. The number of para-hydroxylation sites is 1. The molecule has 4 heteroatoms. The first kappa shape index (κ1) is 29.0. The van der Waals surface area contributed by atoms with Gasteiger partial charge < -0.3 is 14.4 Å². The average Bonchev–Trinajstić information content (AvgIpc) is 2.87. The van der Waals surface area contributed by atoms with Gasteiger partial charge in [0.15, 0.2) is 6.79 Å². The third kappa shape index (κ3) is 7.05. The zero-order valence-corrected chi connectivity index (χ0v) is 25.0. The monoisotopic (exact) mass is 511 g/mol. The van der Waals surface area contributed by atoms with Crippen molar-refractivity contribution in [1.82, 2.24) is 0 Å². The topological polar surface area (TPSA) is 21.7 Å². The second kappa shape index (κ2) is 13.3. The number of methoxy groups -OCH3 is 1. The van der Waals surface area contributed by atoms with Gasteiger partial charge in [-0.25, -0.2) is 0 Å². The molecule has 0 radical (unpaired) electrons. The van der Waals surface area contributed by atoms with Gasteiger partial charge in [-0.2, -0.15) is 0 Å². The van der Waals surface area contributed by atoms with E-state index in [1.165, 1.54) is 85.7 Å². The van der Waals surface area contributed by atoms with Crippen molar-refractivity contribution in [3.8, 4) is 5.75 Å². The summed E-state index contributed by atoms with van der Waals surface area (Å²) in [7, 11) is 2.40. The predicted octanol–water partition coefficient (Wildman–Crippen LogP) is 8.46. The van der Waals surface area contributed by atoms with Crippen LogP contribution in [0, 0.1) is 6.92 Å². The summed E-state index contributed by atoms with van der Waals surface area (Å²) in [4.78, 5) is 2.64. The molecule has 1 saturated heterocycles. The molecule has 200 valence electrons. The number of piperidine rings is 1. The van der Waals surface area contributed by atoms with Gasteiger partial charge in [-0.05, 0) is 66.9 Å². The van der Waals surface area contributed by atoms with E-state index in [1.54, 1.807) is 7.11 Å². The first-order valence-corrected chi connectivity index (χ1v) is 15.1. The van der Waals surface area contributed by atoms with Crippen LogP contribution in [0.15, 0.2) is 36.4 Å². The molecule has 0 aliphatic carbocycles. The summed E-state index contributed by atoms with van der Waals surface area (Å²) in [6.07, 6.45) is 9.99. The minimum Gasteiger partial charge on any atom is -0.467 e. The van der Waals surface area contributed by atoms with Gasteiger partial charge >= 0.3 is 0 Å². The zero-order valence-electron chi connectivity index (χ0n) is 24.0. The summed E-state index contributed by atoms with van der Waals surface area (Å²) in [5.74, 6) is 1.03. The van der Waals surface area contributed by atoms with Crippen LogP contribution in [0.5, 0.6) is 5.75 Å². The van der Waals surface area contributed by atoms with E-state index < -0.39 is 0 Å². The third-order valence-electron chi connectivity index (χ3n) is 7.76. The van der Waals surface area contributed by atoms with Gasteiger partial charge in [-0.3, -0.25) is 0 Å². The molecule has 0 spiro atoms. The maximum atomic E-state index is 6.35. The lowest BCUT2D eigenvalue weighted by atomic mass is 9.80. The van der Waals surface area contributed by atoms with Crippen molar-refractivity contribution in [2.24, 2.45) is 0 Å². The number of ether oxygens (including phenoxy) is 2. The first-order chi connectivity index (χ1) is 17.3. The third-order valence-corrected chi connectivity index (χ3v) is 9.81. The van der Waals surface area contributed by atoms with Crippen LogP contribution in [-0.2, 0) is 15.3 Å². The van der Waals surface area contributed by atoms with Crippen LogP contribution in [0.1, 0.15) is 103 Å². The molecule has 0 saturated carbocycles. The van der Waals surface area contributed by atoms with Crippen LogP contribution in [0.2, 0.25) is 0 Å². The summed E-state index contributed by atoms with van der Waals surface area (Å²) in [5, 5.41) is 1.55. The predicted molar refractivity (Wildman–Crippen MR) is 159 cm³/mol. The fraction of sp³-hybridized carbons (Fsp3) is 0.625. The second-order valence-corrected chi connectivity index (χ2v) is 13.3. The van der Waals surface area contributed by atoms with Gasteiger partial charge in [0.05, 0.1) is 0 Å². The summed E-state index contributed by atoms with van der Waals surface area (Å²) in [5.41, 5.74) is 5.53. The van der Waals surface area contributed by atoms with E-state index in [9.17, 15) is 0 Å². The van der Waals surface area contributed by atoms with Crippen LogP contribution in [0.25, 0.3) is 0 Å². The first-order valence-electron chi connectivity index (χ1n) is 14.1. The van der Waals surface area contributed by atoms with Crippen LogP contribution in [-0.4, -0.2) is 27.0 Å². The van der Waals surface area contributed by atoms with E-state index >= 15 is 0 Å². The minimum absolute atomic E-state index is 0.0379. The number of hydrogen-bond donors (Lipinski definition) is 0. The molecule has 3 rings (SSSR count). The standard InChI is InChI=1S/C32H50NO2P/c1-8-10-14-19-32(9-2,36-29-18-13-12-17-28(29)33-20-15-11-16-21-33)27-23-26(31(4,5)6)22-25(3)30(27)35-24-34-7/h12-13,17-18,22-23,36H,8-11,14-16,19-21,24H2,1-7H3. The zero-order chi connectivity index (χ0) is 26.2. The molecular formula is C32H50NO2P. The highest BCUT2D eigenvalue weighted by molar-refractivity contribution is 7.49. The molecule has 1 heterocycles. The summed E-state index contributed by atoms with van der Waals surface area (Å²) >= 11 is 0. The Bertz CT molecular complexity index is 961. The van der Waals surface area contributed by atoms with E-state index in [0.29, 0.717) is 8.58 Å². The smallest absolute Gasteiger partial charge is 0.188 e. The van der Waals surface area contributed by atoms with Crippen molar-refractivity contribution in [1.29, 1.82) is 0 Å². The number of unbranched alkanes of at least 4 members (excludes halogenated alkanes) is 2. The Morgan fingerprint density at radius 1 is 0.972 bits per heavy atom. The van der Waals surface area contributed by atoms with Gasteiger partial charge in [-0.15, -0.1) is 0 Å². The SMILES string of the molecule is CCCCCC(CC)(Pc1ccccc1N1CCCCC1)c1cc(C(C)(C)C)cc(C)c1OCOC. The van der Waals surface area contributed by atoms with Gasteiger partial charge in [-0.1, -0.05) is 92.8 Å². The van der Waals surface area contributed by atoms with Crippen LogP contribution in [0.3, 0.4) is 0 Å². The Kier molecular flexibility index (Phi) is 10.7. The normalized spacial score (nSPS) is 16.5. The lowest BCUT2D eigenvalue weighted by molar-refractivity contribution is 0.0493. The number of rotatable bonds is 12. The van der Waals surface area contributed by atoms with Crippen molar-refractivity contribution >= 4 is 19.6 Å². The van der Waals surface area contributed by atoms with Gasteiger partial charge in [0, 0.05) is 36.6 Å². The molecule has 1 aliphatic heterocycles. The maximum absolute atomic E-state index is 6.35. The molecule has 0 amide bonds. The van der Waals surface area contributed by atoms with E-state index in [-0.39, 0.29) is 17.4 Å². The Morgan fingerprint density at radius 2 is 1.69 bits per heavy atom. The molecule has 1 aliphatic rings. The molecule has 2 aromatic rings. The Hall–Kier alpha value is -1.57. The largest absolute Gasteiger partial charge is 0.467 e. The van der Waals surface area contributed by atoms with Crippen molar-refractivity contribution in [3.05, 3.63) is 53.1 Å². The fourth-order valence-corrected chi connectivity index (χ4v) is 7.38. The van der Waals surface area contributed by atoms with E-state index in [4.69, 9.17) is 9.47 Å². The quantitative estimate of drug-likeness (QED) is 0.162. The molecule has 0 bridgehead atoms. The number of hydrogen-bond acceptors (Lipinski definition) is 3. The minimum atomic E-state index is 0.0379. The highest BCUT2D eigenvalue weighted by Crippen LogP contribution is 2.53. The summed E-state index contributed by atoms with van der Waals surface area (Å²) < 4.78 is 11.7. The van der Waals surface area contributed by atoms with Crippen molar-refractivity contribution in [3.63, 3.8) is 0 Å². The van der Waals surface area contributed by atoms with E-state index in [0.717, 1.165) is 12.2 Å². The molecule has 3 nitrogen and oxygen atoms in total. The molecular weight excluding hydrogens is 461 g/mol. The van der Waals surface area contributed by atoms with E-state index in [1.807, 2.05) is 0 Å². The van der Waals surface area contributed by atoms with Crippen LogP contribution >= 0.6 is 8.58 Å². The Balaban J connectivity index is 2.17. The van der Waals surface area contributed by atoms with E-state index in [2.05, 4.69) is 82.8 Å². The molecule has 2 unspecified atom stereocenters. The van der Waals surface area contributed by atoms with Gasteiger partial charge in [0.2, 0.25) is 0 Å². The average molecular weight is 512 g/mol. The number of benzene rings is 2. The van der Waals surface area contributed by atoms with Crippen molar-refractivity contribution in [2.75, 3.05) is 31.9 Å². The molecule has 1 fully saturated rings. The van der Waals surface area contributed by atoms with Crippen LogP contribution in [0.4, 0.5) is 5.69 Å². The molecule has 2 aromatic carbocycles. The van der Waals surface area contributed by atoms with Crippen LogP contribution < -0.4 is 14.9 Å². The van der Waals surface area contributed by atoms with Gasteiger partial charge in [0.1, 0.15) is 5.75 Å². The van der Waals surface area contributed by atoms with Crippen molar-refractivity contribution < 1.29 is 9.47 Å². The highest BCUT2D eigenvalue weighted by atomic mass is 31.1. The summed E-state index contributed by atoms with van der Waals surface area (Å²) in [6.45, 7) is 16.5. The Morgan fingerprint density at radius 3 is 2.33 bits per heavy atom. The number of nitrogens with zero attached hydrogens (tertiary/aromatic N) is 1. The molecule has 36 heavy (non-hydrogen) atoms. The van der Waals surface area contributed by atoms with Crippen molar-refractivity contribution in [2.45, 2.75) is 103 Å². The highest BCUT2D eigenvalue weighted by Gasteiger charge is 2.36. The number of anilines is 1. The second-order valence-electron chi connectivity index (χ2n) is 11.6. The summed E-state index contributed by atoms with van der Waals surface area (Å²) in [6, 6.07) is 14.0. The van der Waals surface area contributed by atoms with Gasteiger partial charge in [0.25, 0.3) is 0 Å². The fourth-order valence-electron chi connectivity index (χ4n) is 5.52.